The summed E-state index contributed by atoms with van der Waals surface area (Å²) in [5.74, 6) is -0.550. The molecule has 0 aliphatic heterocycles. The quantitative estimate of drug-likeness (QED) is 0.831. The first-order chi connectivity index (χ1) is 8.61. The lowest BCUT2D eigenvalue weighted by Gasteiger charge is -2.08. The topological polar surface area (TPSA) is 99.8 Å². The number of hydrogen-bond acceptors (Lipinski definition) is 4. The highest BCUT2D eigenvalue weighted by atomic mass is 16.1. The van der Waals surface area contributed by atoms with Gasteiger partial charge >= 0.3 is 0 Å². The fraction of sp³-hybridized carbons (Fsp3) is 0.250. The van der Waals surface area contributed by atoms with Gasteiger partial charge in [0.1, 0.15) is 5.69 Å². The number of primary amides is 1. The smallest absolute Gasteiger partial charge is 0.269 e. The molecule has 0 saturated carbocycles. The minimum absolute atomic E-state index is 0.0575. The van der Waals surface area contributed by atoms with Crippen LogP contribution in [0.25, 0.3) is 5.69 Å². The van der Waals surface area contributed by atoms with E-state index < -0.39 is 5.91 Å². The molecule has 2 aromatic rings. The van der Waals surface area contributed by atoms with Crippen molar-refractivity contribution < 1.29 is 4.79 Å². The standard InChI is InChI=1S/C12H15N5O/c1-2-9(13)10-4-3-8(7-15-10)17-6-5-11(16-17)12(14)18/h3-7,9H,2,13H2,1H3,(H2,14,18)/t9-/m0/s1. The van der Waals surface area contributed by atoms with Crippen LogP contribution in [0, 0.1) is 0 Å². The van der Waals surface area contributed by atoms with E-state index in [2.05, 4.69) is 10.1 Å². The molecule has 6 nitrogen and oxygen atoms in total. The number of rotatable bonds is 4. The van der Waals surface area contributed by atoms with Gasteiger partial charge in [-0.3, -0.25) is 9.78 Å². The molecule has 6 heteroatoms. The fourth-order valence-corrected chi connectivity index (χ4v) is 1.56. The van der Waals surface area contributed by atoms with E-state index >= 15 is 0 Å². The highest BCUT2D eigenvalue weighted by molar-refractivity contribution is 5.90. The van der Waals surface area contributed by atoms with Crippen molar-refractivity contribution in [1.82, 2.24) is 14.8 Å². The largest absolute Gasteiger partial charge is 0.364 e. The summed E-state index contributed by atoms with van der Waals surface area (Å²) in [6.07, 6.45) is 4.17. The first-order valence-electron chi connectivity index (χ1n) is 5.69. The first-order valence-corrected chi connectivity index (χ1v) is 5.69. The van der Waals surface area contributed by atoms with E-state index in [4.69, 9.17) is 11.5 Å². The molecule has 18 heavy (non-hydrogen) atoms. The molecule has 0 bridgehead atoms. The van der Waals surface area contributed by atoms with Gasteiger partial charge in [-0.05, 0) is 24.6 Å². The van der Waals surface area contributed by atoms with Crippen molar-refractivity contribution in [3.8, 4) is 5.69 Å². The van der Waals surface area contributed by atoms with Crippen LogP contribution >= 0.6 is 0 Å². The Bertz CT molecular complexity index is 546. The van der Waals surface area contributed by atoms with E-state index in [0.717, 1.165) is 17.8 Å². The summed E-state index contributed by atoms with van der Waals surface area (Å²) in [6.45, 7) is 2.01. The van der Waals surface area contributed by atoms with Gasteiger partial charge in [-0.1, -0.05) is 6.92 Å². The van der Waals surface area contributed by atoms with Gasteiger partial charge in [0.2, 0.25) is 0 Å². The van der Waals surface area contributed by atoms with E-state index in [1.165, 1.54) is 0 Å². The number of aromatic nitrogens is 3. The van der Waals surface area contributed by atoms with Crippen LogP contribution < -0.4 is 11.5 Å². The maximum atomic E-state index is 10.9. The van der Waals surface area contributed by atoms with Gasteiger partial charge in [0.05, 0.1) is 17.6 Å². The van der Waals surface area contributed by atoms with Crippen LogP contribution in [-0.2, 0) is 0 Å². The summed E-state index contributed by atoms with van der Waals surface area (Å²) in [5.41, 5.74) is 12.8. The summed E-state index contributed by atoms with van der Waals surface area (Å²) in [7, 11) is 0. The molecule has 2 aromatic heterocycles. The van der Waals surface area contributed by atoms with Gasteiger partial charge in [0, 0.05) is 12.2 Å². The summed E-state index contributed by atoms with van der Waals surface area (Å²) in [4.78, 5) is 15.2. The second-order valence-electron chi connectivity index (χ2n) is 3.97. The zero-order chi connectivity index (χ0) is 13.1. The van der Waals surface area contributed by atoms with Gasteiger partial charge in [-0.25, -0.2) is 4.68 Å². The number of carbonyl (C=O) groups excluding carboxylic acids is 1. The normalized spacial score (nSPS) is 12.3. The molecule has 0 spiro atoms. The van der Waals surface area contributed by atoms with Gasteiger partial charge in [-0.15, -0.1) is 0 Å². The van der Waals surface area contributed by atoms with E-state index in [9.17, 15) is 4.79 Å². The predicted octanol–water partition coefficient (Wildman–Crippen LogP) is 0.776. The summed E-state index contributed by atoms with van der Waals surface area (Å²) < 4.78 is 1.55. The second-order valence-corrected chi connectivity index (χ2v) is 3.97. The maximum absolute atomic E-state index is 10.9. The number of pyridine rings is 1. The van der Waals surface area contributed by atoms with Crippen LogP contribution in [0.2, 0.25) is 0 Å². The highest BCUT2D eigenvalue weighted by Gasteiger charge is 2.08. The molecule has 2 heterocycles. The van der Waals surface area contributed by atoms with Crippen molar-refractivity contribution in [3.63, 3.8) is 0 Å². The lowest BCUT2D eigenvalue weighted by molar-refractivity contribution is 0.0995. The average molecular weight is 245 g/mol. The van der Waals surface area contributed by atoms with Crippen LogP contribution in [-0.4, -0.2) is 20.7 Å². The Hall–Kier alpha value is -2.21. The van der Waals surface area contributed by atoms with Crippen molar-refractivity contribution in [2.75, 3.05) is 0 Å². The van der Waals surface area contributed by atoms with Crippen molar-refractivity contribution in [3.05, 3.63) is 42.0 Å². The molecule has 0 aliphatic rings. The van der Waals surface area contributed by atoms with Crippen molar-refractivity contribution in [2.45, 2.75) is 19.4 Å². The fourth-order valence-electron chi connectivity index (χ4n) is 1.56. The molecule has 0 aromatic carbocycles. The number of hydrogen-bond donors (Lipinski definition) is 2. The Kier molecular flexibility index (Phi) is 3.38. The molecular weight excluding hydrogens is 230 g/mol. The molecule has 0 saturated heterocycles. The van der Waals surface area contributed by atoms with Crippen LogP contribution in [0.3, 0.4) is 0 Å². The minimum Gasteiger partial charge on any atom is -0.364 e. The molecule has 94 valence electrons. The Morgan fingerprint density at radius 3 is 2.72 bits per heavy atom. The molecule has 0 unspecified atom stereocenters. The predicted molar refractivity (Wildman–Crippen MR) is 67.1 cm³/mol. The molecule has 2 rings (SSSR count). The van der Waals surface area contributed by atoms with Gasteiger partial charge in [-0.2, -0.15) is 5.10 Å². The summed E-state index contributed by atoms with van der Waals surface area (Å²) in [5, 5.41) is 4.05. The van der Waals surface area contributed by atoms with E-state index in [0.29, 0.717) is 0 Å². The van der Waals surface area contributed by atoms with Gasteiger partial charge in [0.25, 0.3) is 5.91 Å². The Labute approximate surface area is 105 Å². The van der Waals surface area contributed by atoms with Gasteiger partial charge < -0.3 is 11.5 Å². The van der Waals surface area contributed by atoms with Crippen LogP contribution in [0.5, 0.6) is 0 Å². The Morgan fingerprint density at radius 2 is 2.22 bits per heavy atom. The lowest BCUT2D eigenvalue weighted by Crippen LogP contribution is -2.12. The number of nitrogens with two attached hydrogens (primary N) is 2. The summed E-state index contributed by atoms with van der Waals surface area (Å²) in [6, 6.07) is 5.22. The molecule has 1 amide bonds. The molecule has 0 aliphatic carbocycles. The van der Waals surface area contributed by atoms with E-state index in [1.54, 1.807) is 23.1 Å². The third kappa shape index (κ3) is 2.38. The third-order valence-corrected chi connectivity index (χ3v) is 2.70. The Balaban J connectivity index is 2.25. The van der Waals surface area contributed by atoms with Crippen LogP contribution in [0.15, 0.2) is 30.6 Å². The molecule has 0 radical (unpaired) electrons. The van der Waals surface area contributed by atoms with E-state index in [1.807, 2.05) is 19.1 Å². The molecule has 0 fully saturated rings. The zero-order valence-electron chi connectivity index (χ0n) is 10.1. The highest BCUT2D eigenvalue weighted by Crippen LogP contribution is 2.13. The van der Waals surface area contributed by atoms with Crippen molar-refractivity contribution >= 4 is 5.91 Å². The van der Waals surface area contributed by atoms with Gasteiger partial charge in [0.15, 0.2) is 0 Å². The van der Waals surface area contributed by atoms with Crippen LogP contribution in [0.4, 0.5) is 0 Å². The Morgan fingerprint density at radius 1 is 1.44 bits per heavy atom. The number of amides is 1. The number of nitrogens with zero attached hydrogens (tertiary/aromatic N) is 3. The number of carbonyl (C=O) groups is 1. The van der Waals surface area contributed by atoms with Crippen molar-refractivity contribution in [2.24, 2.45) is 11.5 Å². The maximum Gasteiger partial charge on any atom is 0.269 e. The first kappa shape index (κ1) is 12.3. The lowest BCUT2D eigenvalue weighted by atomic mass is 10.1. The third-order valence-electron chi connectivity index (χ3n) is 2.70. The second kappa shape index (κ2) is 4.97. The van der Waals surface area contributed by atoms with Crippen molar-refractivity contribution in [1.29, 1.82) is 0 Å². The molecule has 1 atom stereocenters. The minimum atomic E-state index is -0.550. The molecule has 4 N–H and O–H groups in total. The average Bonchev–Trinajstić information content (AvgIpc) is 2.88. The van der Waals surface area contributed by atoms with Crippen LogP contribution in [0.1, 0.15) is 35.6 Å². The summed E-state index contributed by atoms with van der Waals surface area (Å²) >= 11 is 0. The SMILES string of the molecule is CC[C@H](N)c1ccc(-n2ccc(C(N)=O)n2)cn1. The van der Waals surface area contributed by atoms with E-state index in [-0.39, 0.29) is 11.7 Å². The molecular formula is C12H15N5O. The monoisotopic (exact) mass is 245 g/mol. The zero-order valence-corrected chi connectivity index (χ0v) is 10.1.